The van der Waals surface area contributed by atoms with E-state index in [1.165, 1.54) is 4.90 Å². The summed E-state index contributed by atoms with van der Waals surface area (Å²) >= 11 is 0. The molecule has 1 fully saturated rings. The van der Waals surface area contributed by atoms with Gasteiger partial charge in [-0.2, -0.15) is 13.2 Å². The van der Waals surface area contributed by atoms with E-state index in [0.717, 1.165) is 0 Å². The van der Waals surface area contributed by atoms with Gasteiger partial charge in [-0.15, -0.1) is 0 Å². The van der Waals surface area contributed by atoms with E-state index in [0.29, 0.717) is 0 Å². The Hall–Kier alpha value is -1.60. The summed E-state index contributed by atoms with van der Waals surface area (Å²) < 4.78 is 35.5. The summed E-state index contributed by atoms with van der Waals surface area (Å²) in [6.07, 6.45) is -6.26. The lowest BCUT2D eigenvalue weighted by Crippen LogP contribution is -2.54. The molecule has 8 heteroatoms. The third-order valence-corrected chi connectivity index (χ3v) is 2.52. The summed E-state index contributed by atoms with van der Waals surface area (Å²) in [7, 11) is 0. The van der Waals surface area contributed by atoms with Gasteiger partial charge in [0.05, 0.1) is 5.92 Å². The molecular weight excluding hydrogens is 241 g/mol. The number of halogens is 3. The van der Waals surface area contributed by atoms with Gasteiger partial charge in [0.25, 0.3) is 0 Å². The lowest BCUT2D eigenvalue weighted by atomic mass is 9.99. The number of amides is 2. The van der Waals surface area contributed by atoms with Gasteiger partial charge in [-0.25, -0.2) is 0 Å². The van der Waals surface area contributed by atoms with Crippen molar-refractivity contribution in [2.24, 2.45) is 11.7 Å². The lowest BCUT2D eigenvalue weighted by Gasteiger charge is -2.37. The fraction of sp³-hybridized carbons (Fsp3) is 0.667. The van der Waals surface area contributed by atoms with Crippen LogP contribution < -0.4 is 5.73 Å². The van der Waals surface area contributed by atoms with Crippen molar-refractivity contribution in [3.63, 3.8) is 0 Å². The molecule has 1 heterocycles. The molecule has 0 radical (unpaired) electrons. The molecule has 17 heavy (non-hydrogen) atoms. The average Bonchev–Trinajstić information content (AvgIpc) is 2.09. The highest BCUT2D eigenvalue weighted by molar-refractivity contribution is 5.89. The molecule has 0 aromatic carbocycles. The number of hydrogen-bond acceptors (Lipinski definition) is 3. The molecule has 1 rings (SSSR count). The topological polar surface area (TPSA) is 80.5 Å². The van der Waals surface area contributed by atoms with Crippen molar-refractivity contribution in [2.45, 2.75) is 19.0 Å². The molecule has 96 valence electrons. The van der Waals surface area contributed by atoms with E-state index in [1.54, 1.807) is 0 Å². The number of nitrogens with two attached hydrogens (primary N) is 1. The molecule has 0 bridgehead atoms. The van der Waals surface area contributed by atoms with Gasteiger partial charge in [-0.1, -0.05) is 0 Å². The molecule has 0 aromatic rings. The first-order valence-corrected chi connectivity index (χ1v) is 4.89. The Bertz CT molecular complexity index is 348. The van der Waals surface area contributed by atoms with Crippen LogP contribution in [0.4, 0.5) is 13.2 Å². The summed E-state index contributed by atoms with van der Waals surface area (Å²) in [5.74, 6) is -3.46. The minimum atomic E-state index is -4.90. The van der Waals surface area contributed by atoms with E-state index in [9.17, 15) is 27.6 Å². The predicted molar refractivity (Wildman–Crippen MR) is 49.6 cm³/mol. The molecule has 0 atom stereocenters. The smallest absolute Gasteiger partial charge is 0.369 e. The Morgan fingerprint density at radius 3 is 2.12 bits per heavy atom. The summed E-state index contributed by atoms with van der Waals surface area (Å²) in [6, 6.07) is 0. The van der Waals surface area contributed by atoms with E-state index in [2.05, 4.69) is 0 Å². The largest absolute Gasteiger partial charge is 0.449 e. The van der Waals surface area contributed by atoms with Crippen molar-refractivity contribution in [3.05, 3.63) is 0 Å². The fourth-order valence-corrected chi connectivity index (χ4v) is 1.38. The highest BCUT2D eigenvalue weighted by Crippen LogP contribution is 2.21. The molecule has 2 amide bonds. The number of primary amides is 1. The zero-order valence-corrected chi connectivity index (χ0v) is 8.79. The maximum absolute atomic E-state index is 11.8. The molecule has 0 aliphatic carbocycles. The molecule has 1 saturated heterocycles. The SMILES string of the molecule is NC(=O)C1CN(C(=O)CCC(=O)C(F)(F)F)C1. The molecule has 2 N–H and O–H groups in total. The highest BCUT2D eigenvalue weighted by atomic mass is 19.4. The average molecular weight is 252 g/mol. The Balaban J connectivity index is 2.29. The van der Waals surface area contributed by atoms with Crippen LogP contribution in [-0.2, 0) is 14.4 Å². The molecule has 5 nitrogen and oxygen atoms in total. The van der Waals surface area contributed by atoms with Crippen molar-refractivity contribution in [1.82, 2.24) is 4.90 Å². The first-order chi connectivity index (χ1) is 7.71. The summed E-state index contributed by atoms with van der Waals surface area (Å²) in [4.78, 5) is 33.6. The van der Waals surface area contributed by atoms with Gasteiger partial charge >= 0.3 is 6.18 Å². The molecule has 0 unspecified atom stereocenters. The number of nitrogens with zero attached hydrogens (tertiary/aromatic N) is 1. The Labute approximate surface area is 94.7 Å². The summed E-state index contributed by atoms with van der Waals surface area (Å²) in [5, 5.41) is 0. The molecular formula is C9H11F3N2O3. The van der Waals surface area contributed by atoms with E-state index in [1.807, 2.05) is 0 Å². The van der Waals surface area contributed by atoms with Crippen molar-refractivity contribution in [1.29, 1.82) is 0 Å². The molecule has 0 spiro atoms. The van der Waals surface area contributed by atoms with Gasteiger partial charge in [0.2, 0.25) is 17.6 Å². The second-order valence-electron chi connectivity index (χ2n) is 3.82. The van der Waals surface area contributed by atoms with Crippen molar-refractivity contribution in [3.8, 4) is 0 Å². The molecule has 1 aliphatic heterocycles. The Kier molecular flexibility index (Phi) is 3.74. The van der Waals surface area contributed by atoms with Crippen molar-refractivity contribution in [2.75, 3.05) is 13.1 Å². The molecule has 0 aromatic heterocycles. The maximum Gasteiger partial charge on any atom is 0.449 e. The standard InChI is InChI=1S/C9H11F3N2O3/c10-9(11,12)6(15)1-2-7(16)14-3-5(4-14)8(13)17/h5H,1-4H2,(H2,13,17). The van der Waals surface area contributed by atoms with Crippen LogP contribution in [0.5, 0.6) is 0 Å². The quantitative estimate of drug-likeness (QED) is 0.755. The van der Waals surface area contributed by atoms with Crippen molar-refractivity contribution >= 4 is 17.6 Å². The maximum atomic E-state index is 11.8. The first kappa shape index (κ1) is 13.5. The van der Waals surface area contributed by atoms with Gasteiger partial charge in [-0.3, -0.25) is 14.4 Å². The normalized spacial score (nSPS) is 16.5. The Morgan fingerprint density at radius 1 is 1.18 bits per heavy atom. The van der Waals surface area contributed by atoms with Crippen LogP contribution in [0.25, 0.3) is 0 Å². The van der Waals surface area contributed by atoms with Gasteiger partial charge < -0.3 is 10.6 Å². The Morgan fingerprint density at radius 2 is 1.71 bits per heavy atom. The number of alkyl halides is 3. The van der Waals surface area contributed by atoms with Gasteiger partial charge in [0.1, 0.15) is 0 Å². The van der Waals surface area contributed by atoms with Crippen LogP contribution in [-0.4, -0.2) is 41.8 Å². The van der Waals surface area contributed by atoms with Gasteiger partial charge in [0, 0.05) is 25.9 Å². The van der Waals surface area contributed by atoms with E-state index in [-0.39, 0.29) is 13.1 Å². The van der Waals surface area contributed by atoms with Crippen LogP contribution in [0, 0.1) is 5.92 Å². The summed E-state index contributed by atoms with van der Waals surface area (Å²) in [5.41, 5.74) is 4.96. The van der Waals surface area contributed by atoms with Crippen LogP contribution in [0.1, 0.15) is 12.8 Å². The lowest BCUT2D eigenvalue weighted by molar-refractivity contribution is -0.171. The number of ketones is 1. The number of hydrogen-bond donors (Lipinski definition) is 1. The van der Waals surface area contributed by atoms with Crippen LogP contribution >= 0.6 is 0 Å². The second kappa shape index (κ2) is 4.72. The van der Waals surface area contributed by atoms with E-state index >= 15 is 0 Å². The number of carbonyl (C=O) groups is 3. The van der Waals surface area contributed by atoms with Crippen LogP contribution in [0.15, 0.2) is 0 Å². The van der Waals surface area contributed by atoms with Gasteiger partial charge in [0.15, 0.2) is 0 Å². The van der Waals surface area contributed by atoms with Crippen LogP contribution in [0.2, 0.25) is 0 Å². The summed E-state index contributed by atoms with van der Waals surface area (Å²) in [6.45, 7) is 0.239. The minimum Gasteiger partial charge on any atom is -0.369 e. The third-order valence-electron chi connectivity index (χ3n) is 2.52. The van der Waals surface area contributed by atoms with E-state index in [4.69, 9.17) is 5.73 Å². The first-order valence-electron chi connectivity index (χ1n) is 4.89. The minimum absolute atomic E-state index is 0.119. The molecule has 0 saturated carbocycles. The number of carbonyl (C=O) groups excluding carboxylic acids is 3. The second-order valence-corrected chi connectivity index (χ2v) is 3.82. The number of likely N-dealkylation sites (tertiary alicyclic amines) is 1. The zero-order chi connectivity index (χ0) is 13.2. The van der Waals surface area contributed by atoms with Crippen molar-refractivity contribution < 1.29 is 27.6 Å². The number of rotatable bonds is 4. The number of Topliss-reactive ketones (excluding diaryl/α,β-unsaturated/α-hetero) is 1. The zero-order valence-electron chi connectivity index (χ0n) is 8.79. The highest BCUT2D eigenvalue weighted by Gasteiger charge is 2.39. The fourth-order valence-electron chi connectivity index (χ4n) is 1.38. The third kappa shape index (κ3) is 3.43. The van der Waals surface area contributed by atoms with E-state index < -0.39 is 42.5 Å². The van der Waals surface area contributed by atoms with Crippen LogP contribution in [0.3, 0.4) is 0 Å². The molecule has 1 aliphatic rings. The van der Waals surface area contributed by atoms with Gasteiger partial charge in [-0.05, 0) is 0 Å². The monoisotopic (exact) mass is 252 g/mol. The predicted octanol–water partition coefficient (Wildman–Crippen LogP) is -0.158.